The second-order valence-corrected chi connectivity index (χ2v) is 11.2. The van der Waals surface area contributed by atoms with Crippen molar-refractivity contribution in [1.82, 2.24) is 0 Å². The first-order chi connectivity index (χ1) is 8.22. The predicted octanol–water partition coefficient (Wildman–Crippen LogP) is 3.61. The van der Waals surface area contributed by atoms with Gasteiger partial charge in [0, 0.05) is 6.42 Å². The molecule has 0 aliphatic rings. The van der Waals surface area contributed by atoms with Gasteiger partial charge in [-0.2, -0.15) is 0 Å². The average Bonchev–Trinajstić information content (AvgIpc) is 2.26. The standard InChI is InChI=1S/C15H26O2Si/c1-15(2,3)18(4,5)17-12-14(16)11-13-9-7-6-8-10-13/h6-10,14,16H,11-12H2,1-5H3. The Morgan fingerprint density at radius 2 is 1.72 bits per heavy atom. The molecule has 1 atom stereocenters. The van der Waals surface area contributed by atoms with Gasteiger partial charge in [-0.1, -0.05) is 51.1 Å². The maximum Gasteiger partial charge on any atom is 0.192 e. The van der Waals surface area contributed by atoms with Crippen LogP contribution in [-0.4, -0.2) is 26.1 Å². The number of benzene rings is 1. The highest BCUT2D eigenvalue weighted by Gasteiger charge is 2.37. The molecule has 1 aromatic rings. The Morgan fingerprint density at radius 3 is 2.22 bits per heavy atom. The lowest BCUT2D eigenvalue weighted by Crippen LogP contribution is -2.42. The molecule has 1 unspecified atom stereocenters. The molecule has 1 rings (SSSR count). The molecule has 0 saturated heterocycles. The zero-order chi connectivity index (χ0) is 13.8. The van der Waals surface area contributed by atoms with Gasteiger partial charge in [0.1, 0.15) is 0 Å². The number of rotatable bonds is 5. The molecule has 0 fully saturated rings. The molecule has 0 heterocycles. The van der Waals surface area contributed by atoms with Crippen molar-refractivity contribution in [3.63, 3.8) is 0 Å². The Balaban J connectivity index is 2.45. The molecule has 0 aliphatic heterocycles. The molecule has 2 nitrogen and oxygen atoms in total. The van der Waals surface area contributed by atoms with Crippen LogP contribution in [0.5, 0.6) is 0 Å². The van der Waals surface area contributed by atoms with Crippen LogP contribution in [0.25, 0.3) is 0 Å². The summed E-state index contributed by atoms with van der Waals surface area (Å²) >= 11 is 0. The normalized spacial score (nSPS) is 14.6. The lowest BCUT2D eigenvalue weighted by molar-refractivity contribution is 0.100. The van der Waals surface area contributed by atoms with Crippen molar-refractivity contribution >= 4 is 8.32 Å². The Bertz CT molecular complexity index is 355. The SMILES string of the molecule is CC(C)(C)[Si](C)(C)OCC(O)Cc1ccccc1. The largest absolute Gasteiger partial charge is 0.414 e. The minimum atomic E-state index is -1.74. The van der Waals surface area contributed by atoms with E-state index in [1.165, 1.54) is 0 Å². The number of aliphatic hydroxyl groups is 1. The summed E-state index contributed by atoms with van der Waals surface area (Å²) in [5, 5.41) is 10.2. The summed E-state index contributed by atoms with van der Waals surface area (Å²) in [4.78, 5) is 0. The van der Waals surface area contributed by atoms with Crippen LogP contribution >= 0.6 is 0 Å². The van der Waals surface area contributed by atoms with Crippen LogP contribution in [0.3, 0.4) is 0 Å². The molecule has 0 saturated carbocycles. The van der Waals surface area contributed by atoms with Crippen LogP contribution in [-0.2, 0) is 10.8 Å². The molecular weight excluding hydrogens is 240 g/mol. The minimum Gasteiger partial charge on any atom is -0.414 e. The van der Waals surface area contributed by atoms with E-state index in [9.17, 15) is 5.11 Å². The van der Waals surface area contributed by atoms with Gasteiger partial charge in [0.05, 0.1) is 12.7 Å². The Morgan fingerprint density at radius 1 is 1.17 bits per heavy atom. The van der Waals surface area contributed by atoms with Crippen molar-refractivity contribution in [2.75, 3.05) is 6.61 Å². The quantitative estimate of drug-likeness (QED) is 0.825. The van der Waals surface area contributed by atoms with E-state index in [2.05, 4.69) is 33.9 Å². The van der Waals surface area contributed by atoms with Gasteiger partial charge in [-0.05, 0) is 23.7 Å². The number of aliphatic hydroxyl groups excluding tert-OH is 1. The van der Waals surface area contributed by atoms with Crippen LogP contribution < -0.4 is 0 Å². The second-order valence-electron chi connectivity index (χ2n) is 6.41. The monoisotopic (exact) mass is 266 g/mol. The molecule has 0 aromatic heterocycles. The van der Waals surface area contributed by atoms with Crippen molar-refractivity contribution in [1.29, 1.82) is 0 Å². The maximum atomic E-state index is 10.0. The van der Waals surface area contributed by atoms with Crippen molar-refractivity contribution < 1.29 is 9.53 Å². The molecule has 18 heavy (non-hydrogen) atoms. The highest BCUT2D eigenvalue weighted by molar-refractivity contribution is 6.74. The first kappa shape index (κ1) is 15.4. The van der Waals surface area contributed by atoms with Crippen LogP contribution in [0.4, 0.5) is 0 Å². The minimum absolute atomic E-state index is 0.194. The van der Waals surface area contributed by atoms with Gasteiger partial charge < -0.3 is 9.53 Å². The van der Waals surface area contributed by atoms with E-state index in [0.29, 0.717) is 13.0 Å². The van der Waals surface area contributed by atoms with E-state index in [1.54, 1.807) is 0 Å². The van der Waals surface area contributed by atoms with E-state index in [-0.39, 0.29) is 5.04 Å². The van der Waals surface area contributed by atoms with Crippen molar-refractivity contribution in [3.05, 3.63) is 35.9 Å². The summed E-state index contributed by atoms with van der Waals surface area (Å²) in [5.41, 5.74) is 1.16. The Labute approximate surface area is 112 Å². The van der Waals surface area contributed by atoms with Crippen LogP contribution in [0.15, 0.2) is 30.3 Å². The molecular formula is C15H26O2Si. The lowest BCUT2D eigenvalue weighted by atomic mass is 10.1. The van der Waals surface area contributed by atoms with E-state index < -0.39 is 14.4 Å². The van der Waals surface area contributed by atoms with E-state index in [1.807, 2.05) is 30.3 Å². The molecule has 0 amide bonds. The van der Waals surface area contributed by atoms with Gasteiger partial charge in [-0.25, -0.2) is 0 Å². The molecule has 1 N–H and O–H groups in total. The van der Waals surface area contributed by atoms with Crippen molar-refractivity contribution in [3.8, 4) is 0 Å². The maximum absolute atomic E-state index is 10.0. The smallest absolute Gasteiger partial charge is 0.192 e. The third-order valence-corrected chi connectivity index (χ3v) is 8.26. The molecule has 0 bridgehead atoms. The topological polar surface area (TPSA) is 29.5 Å². The average molecular weight is 266 g/mol. The fraction of sp³-hybridized carbons (Fsp3) is 0.600. The van der Waals surface area contributed by atoms with Crippen molar-refractivity contribution in [2.24, 2.45) is 0 Å². The van der Waals surface area contributed by atoms with E-state index in [0.717, 1.165) is 5.56 Å². The van der Waals surface area contributed by atoms with E-state index in [4.69, 9.17) is 4.43 Å². The second kappa shape index (κ2) is 6.00. The molecule has 0 aliphatic carbocycles. The van der Waals surface area contributed by atoms with Crippen LogP contribution in [0, 0.1) is 0 Å². The van der Waals surface area contributed by atoms with Gasteiger partial charge in [-0.15, -0.1) is 0 Å². The molecule has 0 spiro atoms. The molecule has 0 radical (unpaired) electrons. The summed E-state index contributed by atoms with van der Waals surface area (Å²) in [7, 11) is -1.74. The van der Waals surface area contributed by atoms with Crippen molar-refractivity contribution in [2.45, 2.75) is 51.4 Å². The van der Waals surface area contributed by atoms with Crippen LogP contribution in [0.2, 0.25) is 18.1 Å². The van der Waals surface area contributed by atoms with E-state index >= 15 is 0 Å². The van der Waals surface area contributed by atoms with Gasteiger partial charge in [0.25, 0.3) is 0 Å². The number of hydrogen-bond donors (Lipinski definition) is 1. The summed E-state index contributed by atoms with van der Waals surface area (Å²) in [5.74, 6) is 0. The molecule has 1 aromatic carbocycles. The van der Waals surface area contributed by atoms with Gasteiger partial charge in [-0.3, -0.25) is 0 Å². The third-order valence-electron chi connectivity index (χ3n) is 3.76. The summed E-state index contributed by atoms with van der Waals surface area (Å²) in [6, 6.07) is 10.1. The fourth-order valence-corrected chi connectivity index (χ4v) is 2.51. The first-order valence-electron chi connectivity index (χ1n) is 6.58. The lowest BCUT2D eigenvalue weighted by Gasteiger charge is -2.36. The van der Waals surface area contributed by atoms with Crippen LogP contribution in [0.1, 0.15) is 26.3 Å². The summed E-state index contributed by atoms with van der Waals surface area (Å²) < 4.78 is 6.02. The zero-order valence-corrected chi connectivity index (χ0v) is 13.2. The van der Waals surface area contributed by atoms with Gasteiger partial charge >= 0.3 is 0 Å². The predicted molar refractivity (Wildman–Crippen MR) is 79.3 cm³/mol. The Kier molecular flexibility index (Phi) is 5.14. The molecule has 102 valence electrons. The molecule has 3 heteroatoms. The Hall–Kier alpha value is -0.643. The highest BCUT2D eigenvalue weighted by atomic mass is 28.4. The first-order valence-corrected chi connectivity index (χ1v) is 9.49. The third kappa shape index (κ3) is 4.56. The van der Waals surface area contributed by atoms with Gasteiger partial charge in [0.2, 0.25) is 0 Å². The zero-order valence-electron chi connectivity index (χ0n) is 12.2. The summed E-state index contributed by atoms with van der Waals surface area (Å²) in [6.07, 6.45) is 0.247. The summed E-state index contributed by atoms with van der Waals surface area (Å²) in [6.45, 7) is 11.5. The fourth-order valence-electron chi connectivity index (χ4n) is 1.47. The number of hydrogen-bond acceptors (Lipinski definition) is 2. The highest BCUT2D eigenvalue weighted by Crippen LogP contribution is 2.36. The van der Waals surface area contributed by atoms with Gasteiger partial charge in [0.15, 0.2) is 8.32 Å².